The first-order chi connectivity index (χ1) is 14.6. The summed E-state index contributed by atoms with van der Waals surface area (Å²) in [6.07, 6.45) is -3.43. The van der Waals surface area contributed by atoms with E-state index < -0.39 is 30.8 Å². The number of aromatic nitrogens is 3. The Bertz CT molecular complexity index is 910. The van der Waals surface area contributed by atoms with Gasteiger partial charge in [-0.1, -0.05) is 0 Å². The van der Waals surface area contributed by atoms with E-state index in [1.54, 1.807) is 13.0 Å². The van der Waals surface area contributed by atoms with E-state index >= 15 is 0 Å². The number of carbonyl (C=O) groups excluding carboxylic acids is 2. The lowest BCUT2D eigenvalue weighted by atomic mass is 10.0. The third-order valence-corrected chi connectivity index (χ3v) is 4.85. The molecule has 3 rings (SSSR count). The number of anilines is 1. The van der Waals surface area contributed by atoms with Gasteiger partial charge >= 0.3 is 12.3 Å². The predicted molar refractivity (Wildman–Crippen MR) is 102 cm³/mol. The molecule has 1 saturated carbocycles. The van der Waals surface area contributed by atoms with Crippen LogP contribution in [-0.2, 0) is 16.0 Å². The number of H-pyrrole nitrogens is 1. The van der Waals surface area contributed by atoms with Crippen LogP contribution in [0, 0.1) is 6.92 Å². The van der Waals surface area contributed by atoms with E-state index in [1.807, 2.05) is 0 Å². The summed E-state index contributed by atoms with van der Waals surface area (Å²) < 4.78 is 47.6. The Balaban J connectivity index is 1.44. The van der Waals surface area contributed by atoms with Crippen LogP contribution in [0.4, 0.5) is 23.8 Å². The molecule has 31 heavy (non-hydrogen) atoms. The number of alkyl halides is 3. The van der Waals surface area contributed by atoms with Gasteiger partial charge in [0, 0.05) is 23.7 Å². The van der Waals surface area contributed by atoms with Gasteiger partial charge in [-0.2, -0.15) is 18.3 Å². The quantitative estimate of drug-likeness (QED) is 0.601. The minimum absolute atomic E-state index is 0.0166. The first kappa shape index (κ1) is 22.6. The van der Waals surface area contributed by atoms with E-state index in [-0.39, 0.29) is 18.2 Å². The lowest BCUT2D eigenvalue weighted by molar-refractivity contribution is -0.138. The lowest BCUT2D eigenvalue weighted by Gasteiger charge is -2.18. The number of rotatable bonds is 7. The van der Waals surface area contributed by atoms with Gasteiger partial charge in [0.25, 0.3) is 0 Å². The zero-order valence-electron chi connectivity index (χ0n) is 17.1. The van der Waals surface area contributed by atoms with Crippen LogP contribution in [0.1, 0.15) is 55.9 Å². The first-order valence-electron chi connectivity index (χ1n) is 9.87. The summed E-state index contributed by atoms with van der Waals surface area (Å²) in [5.41, 5.74) is 0.777. The molecule has 1 aliphatic rings. The van der Waals surface area contributed by atoms with E-state index in [9.17, 15) is 22.8 Å². The summed E-state index contributed by atoms with van der Waals surface area (Å²) >= 11 is 0. The van der Waals surface area contributed by atoms with Gasteiger partial charge in [-0.25, -0.2) is 9.78 Å². The molecule has 1 aliphatic carbocycles. The molecule has 0 radical (unpaired) electrons. The van der Waals surface area contributed by atoms with Gasteiger partial charge in [0.15, 0.2) is 5.82 Å². The van der Waals surface area contributed by atoms with Gasteiger partial charge in [0.2, 0.25) is 11.8 Å². The van der Waals surface area contributed by atoms with Crippen molar-refractivity contribution in [3.05, 3.63) is 29.6 Å². The monoisotopic (exact) mass is 443 g/mol. The van der Waals surface area contributed by atoms with Gasteiger partial charge in [0.05, 0.1) is 12.6 Å². The van der Waals surface area contributed by atoms with Gasteiger partial charge < -0.3 is 19.8 Å². The van der Waals surface area contributed by atoms with Crippen molar-refractivity contribution in [1.29, 1.82) is 0 Å². The molecule has 2 aromatic rings. The minimum Gasteiger partial charge on any atom is -0.446 e. The van der Waals surface area contributed by atoms with Crippen LogP contribution in [-0.4, -0.2) is 45.5 Å². The Morgan fingerprint density at radius 1 is 1.39 bits per heavy atom. The smallest absolute Gasteiger partial charge is 0.407 e. The number of halogens is 3. The highest BCUT2D eigenvalue weighted by atomic mass is 19.4. The van der Waals surface area contributed by atoms with Gasteiger partial charge in [0.1, 0.15) is 18.3 Å². The number of carbonyl (C=O) groups is 2. The van der Waals surface area contributed by atoms with E-state index in [0.717, 1.165) is 5.69 Å². The molecule has 0 bridgehead atoms. The Kier molecular flexibility index (Phi) is 6.86. The van der Waals surface area contributed by atoms with Crippen LogP contribution < -0.4 is 10.6 Å². The average Bonchev–Trinajstić information content (AvgIpc) is 3.34. The number of aromatic amines is 1. The van der Waals surface area contributed by atoms with Crippen LogP contribution in [0.2, 0.25) is 0 Å². The number of nitrogens with zero attached hydrogens (tertiary/aromatic N) is 2. The average molecular weight is 443 g/mol. The van der Waals surface area contributed by atoms with Crippen molar-refractivity contribution in [3.63, 3.8) is 0 Å². The van der Waals surface area contributed by atoms with Gasteiger partial charge in [-0.3, -0.25) is 9.89 Å². The molecule has 9 nitrogen and oxygen atoms in total. The third-order valence-electron chi connectivity index (χ3n) is 4.85. The normalized spacial score (nSPS) is 19.8. The maximum atomic E-state index is 12.4. The Morgan fingerprint density at radius 2 is 2.16 bits per heavy atom. The molecule has 1 fully saturated rings. The molecule has 0 aliphatic heterocycles. The van der Waals surface area contributed by atoms with E-state index in [1.165, 1.54) is 13.1 Å². The van der Waals surface area contributed by atoms with Crippen LogP contribution in [0.5, 0.6) is 0 Å². The fourth-order valence-corrected chi connectivity index (χ4v) is 3.53. The summed E-state index contributed by atoms with van der Waals surface area (Å²) in [4.78, 5) is 27.9. The topological polar surface area (TPSA) is 122 Å². The predicted octanol–water partition coefficient (Wildman–Crippen LogP) is 3.59. The fourth-order valence-electron chi connectivity index (χ4n) is 3.53. The van der Waals surface area contributed by atoms with Crippen molar-refractivity contribution < 1.29 is 31.9 Å². The summed E-state index contributed by atoms with van der Waals surface area (Å²) in [5.74, 6) is 0.984. The number of alkyl carbamates (subject to hydrolysis) is 1. The zero-order chi connectivity index (χ0) is 22.6. The van der Waals surface area contributed by atoms with Crippen LogP contribution in [0.3, 0.4) is 0 Å². The molecule has 2 amide bonds. The van der Waals surface area contributed by atoms with Crippen molar-refractivity contribution in [2.24, 2.45) is 0 Å². The van der Waals surface area contributed by atoms with Crippen molar-refractivity contribution in [3.8, 4) is 0 Å². The summed E-state index contributed by atoms with van der Waals surface area (Å²) in [6.45, 7) is 3.01. The molecule has 0 spiro atoms. The maximum absolute atomic E-state index is 12.4. The largest absolute Gasteiger partial charge is 0.446 e. The number of oxazole rings is 1. The number of ether oxygens (including phenoxy) is 1. The molecular weight excluding hydrogens is 419 g/mol. The summed E-state index contributed by atoms with van der Waals surface area (Å²) in [7, 11) is 0. The molecule has 2 aromatic heterocycles. The number of aryl methyl sites for hydroxylation is 1. The van der Waals surface area contributed by atoms with E-state index in [2.05, 4.69) is 25.8 Å². The van der Waals surface area contributed by atoms with Crippen molar-refractivity contribution in [2.45, 2.75) is 70.2 Å². The maximum Gasteiger partial charge on any atom is 0.407 e. The minimum atomic E-state index is -4.35. The molecule has 3 N–H and O–H groups in total. The third kappa shape index (κ3) is 7.00. The molecule has 0 saturated heterocycles. The highest BCUT2D eigenvalue weighted by Crippen LogP contribution is 2.36. The second-order valence-electron chi connectivity index (χ2n) is 7.70. The lowest BCUT2D eigenvalue weighted by Crippen LogP contribution is -2.37. The van der Waals surface area contributed by atoms with Crippen molar-refractivity contribution in [1.82, 2.24) is 20.5 Å². The number of nitrogens with one attached hydrogen (secondary N) is 3. The number of amides is 2. The molecule has 12 heteroatoms. The van der Waals surface area contributed by atoms with Crippen LogP contribution >= 0.6 is 0 Å². The SMILES string of the molecule is Cc1cnc(CC(=O)Nc2cc([C@H]3CCC(OC(=O)NC(C)CC(F)(F)F)C3)[nH]n2)o1. The number of hydrogen-bond acceptors (Lipinski definition) is 6. The first-order valence-corrected chi connectivity index (χ1v) is 9.87. The Hall–Kier alpha value is -3.05. The highest BCUT2D eigenvalue weighted by molar-refractivity contribution is 5.90. The molecular formula is C19H24F3N5O4. The van der Waals surface area contributed by atoms with Crippen LogP contribution in [0.25, 0.3) is 0 Å². The molecule has 0 aromatic carbocycles. The molecule has 3 atom stereocenters. The van der Waals surface area contributed by atoms with Crippen molar-refractivity contribution in [2.75, 3.05) is 5.32 Å². The summed E-state index contributed by atoms with van der Waals surface area (Å²) in [6, 6.07) is 0.640. The van der Waals surface area contributed by atoms with E-state index in [0.29, 0.717) is 36.7 Å². The second-order valence-corrected chi connectivity index (χ2v) is 7.70. The number of hydrogen-bond donors (Lipinski definition) is 3. The second kappa shape index (κ2) is 9.40. The summed E-state index contributed by atoms with van der Waals surface area (Å²) in [5, 5.41) is 11.8. The van der Waals surface area contributed by atoms with Gasteiger partial charge in [-0.15, -0.1) is 0 Å². The standard InChI is InChI=1S/C19H24F3N5O4/c1-10(8-19(20,21)22)24-18(29)31-13-4-3-12(5-13)14-6-15(27-26-14)25-16(28)7-17-23-9-11(2)30-17/h6,9-10,12-13H,3-5,7-8H2,1-2H3,(H,24,29)(H2,25,26,27,28)/t10?,12-,13?/m0/s1. The van der Waals surface area contributed by atoms with Gasteiger partial charge in [-0.05, 0) is 33.1 Å². The fraction of sp³-hybridized carbons (Fsp3) is 0.579. The zero-order valence-corrected chi connectivity index (χ0v) is 17.1. The molecule has 170 valence electrons. The Morgan fingerprint density at radius 3 is 2.84 bits per heavy atom. The molecule has 2 unspecified atom stereocenters. The Labute approximate surface area is 176 Å². The van der Waals surface area contributed by atoms with E-state index in [4.69, 9.17) is 9.15 Å². The van der Waals surface area contributed by atoms with Crippen LogP contribution in [0.15, 0.2) is 16.7 Å². The highest BCUT2D eigenvalue weighted by Gasteiger charge is 2.33. The molecule has 2 heterocycles. The van der Waals surface area contributed by atoms with Crippen molar-refractivity contribution >= 4 is 17.8 Å².